The van der Waals surface area contributed by atoms with Crippen LogP contribution in [0.3, 0.4) is 0 Å². The summed E-state index contributed by atoms with van der Waals surface area (Å²) in [5.74, 6) is 1.44. The quantitative estimate of drug-likeness (QED) is 0.784. The van der Waals surface area contributed by atoms with Crippen molar-refractivity contribution in [1.82, 2.24) is 5.32 Å². The third-order valence-electron chi connectivity index (χ3n) is 2.77. The van der Waals surface area contributed by atoms with Crippen molar-refractivity contribution < 1.29 is 14.6 Å². The van der Waals surface area contributed by atoms with Gasteiger partial charge in [-0.3, -0.25) is 0 Å². The highest BCUT2D eigenvalue weighted by Crippen LogP contribution is 2.18. The van der Waals surface area contributed by atoms with Gasteiger partial charge in [0, 0.05) is 19.2 Å². The average Bonchev–Trinajstić information content (AvgIpc) is 2.98. The van der Waals surface area contributed by atoms with Gasteiger partial charge >= 0.3 is 0 Å². The summed E-state index contributed by atoms with van der Waals surface area (Å²) in [6, 6.07) is 9.41. The molecule has 2 rings (SSSR count). The van der Waals surface area contributed by atoms with E-state index in [-0.39, 0.29) is 6.61 Å². The zero-order valence-corrected chi connectivity index (χ0v) is 12.2. The Morgan fingerprint density at radius 3 is 2.90 bits per heavy atom. The van der Waals surface area contributed by atoms with E-state index in [9.17, 15) is 5.11 Å². The van der Waals surface area contributed by atoms with Gasteiger partial charge in [-0.15, -0.1) is 0 Å². The molecule has 1 atom stereocenters. The lowest BCUT2D eigenvalue weighted by Crippen LogP contribution is -2.31. The molecular formula is C15H19NO3S. The van der Waals surface area contributed by atoms with Crippen LogP contribution < -0.4 is 14.8 Å². The summed E-state index contributed by atoms with van der Waals surface area (Å²) in [5, 5.41) is 17.2. The molecule has 20 heavy (non-hydrogen) atoms. The van der Waals surface area contributed by atoms with Crippen molar-refractivity contribution in [3.63, 3.8) is 0 Å². The van der Waals surface area contributed by atoms with Gasteiger partial charge in [-0.05, 0) is 34.5 Å². The van der Waals surface area contributed by atoms with E-state index in [1.165, 1.54) is 5.56 Å². The Morgan fingerprint density at radius 2 is 2.15 bits per heavy atom. The number of thiophene rings is 1. The Kier molecular flexibility index (Phi) is 5.86. The summed E-state index contributed by atoms with van der Waals surface area (Å²) in [6.07, 6.45) is -0.542. The van der Waals surface area contributed by atoms with E-state index in [4.69, 9.17) is 9.47 Å². The predicted octanol–water partition coefficient (Wildman–Crippen LogP) is 2.29. The van der Waals surface area contributed by atoms with Crippen LogP contribution in [0, 0.1) is 0 Å². The summed E-state index contributed by atoms with van der Waals surface area (Å²) in [5.41, 5.74) is 1.23. The van der Waals surface area contributed by atoms with Crippen molar-refractivity contribution in [2.45, 2.75) is 12.6 Å². The smallest absolute Gasteiger partial charge is 0.123 e. The Balaban J connectivity index is 1.67. The number of hydrogen-bond donors (Lipinski definition) is 2. The van der Waals surface area contributed by atoms with Gasteiger partial charge in [-0.25, -0.2) is 0 Å². The zero-order valence-electron chi connectivity index (χ0n) is 11.4. The maximum Gasteiger partial charge on any atom is 0.123 e. The maximum atomic E-state index is 9.85. The van der Waals surface area contributed by atoms with Crippen LogP contribution in [-0.4, -0.2) is 31.5 Å². The lowest BCUT2D eigenvalue weighted by molar-refractivity contribution is 0.106. The Hall–Kier alpha value is -1.56. The standard InChI is InChI=1S/C15H19NO3S/c1-18-14-3-2-4-15(7-14)19-10-13(17)9-16-8-12-5-6-20-11-12/h2-7,11,13,16-17H,8-10H2,1H3. The zero-order chi connectivity index (χ0) is 14.2. The van der Waals surface area contributed by atoms with E-state index in [0.717, 1.165) is 12.3 Å². The van der Waals surface area contributed by atoms with E-state index in [1.54, 1.807) is 24.5 Å². The van der Waals surface area contributed by atoms with Crippen molar-refractivity contribution in [2.24, 2.45) is 0 Å². The van der Waals surface area contributed by atoms with Crippen molar-refractivity contribution in [1.29, 1.82) is 0 Å². The lowest BCUT2D eigenvalue weighted by Gasteiger charge is -2.13. The summed E-state index contributed by atoms with van der Waals surface area (Å²) >= 11 is 1.67. The molecule has 1 aromatic carbocycles. The first-order valence-corrected chi connectivity index (χ1v) is 7.39. The largest absolute Gasteiger partial charge is 0.497 e. The summed E-state index contributed by atoms with van der Waals surface area (Å²) in [7, 11) is 1.61. The summed E-state index contributed by atoms with van der Waals surface area (Å²) < 4.78 is 10.6. The fourth-order valence-electron chi connectivity index (χ4n) is 1.72. The number of ether oxygens (including phenoxy) is 2. The van der Waals surface area contributed by atoms with Crippen LogP contribution in [0.15, 0.2) is 41.1 Å². The van der Waals surface area contributed by atoms with Crippen LogP contribution in [0.2, 0.25) is 0 Å². The molecule has 0 bridgehead atoms. The van der Waals surface area contributed by atoms with Gasteiger partial charge in [0.15, 0.2) is 0 Å². The number of rotatable bonds is 8. The molecule has 108 valence electrons. The van der Waals surface area contributed by atoms with Crippen LogP contribution >= 0.6 is 11.3 Å². The molecular weight excluding hydrogens is 274 g/mol. The first-order chi connectivity index (χ1) is 9.78. The lowest BCUT2D eigenvalue weighted by atomic mass is 10.3. The van der Waals surface area contributed by atoms with Crippen LogP contribution in [0.4, 0.5) is 0 Å². The molecule has 0 fully saturated rings. The number of hydrogen-bond acceptors (Lipinski definition) is 5. The molecule has 0 aliphatic heterocycles. The van der Waals surface area contributed by atoms with Crippen LogP contribution in [0.1, 0.15) is 5.56 Å². The molecule has 0 radical (unpaired) electrons. The van der Waals surface area contributed by atoms with Crippen molar-refractivity contribution in [3.8, 4) is 11.5 Å². The average molecular weight is 293 g/mol. The third kappa shape index (κ3) is 4.85. The van der Waals surface area contributed by atoms with Crippen LogP contribution in [-0.2, 0) is 6.54 Å². The van der Waals surface area contributed by atoms with Gasteiger partial charge in [0.2, 0.25) is 0 Å². The highest BCUT2D eigenvalue weighted by Gasteiger charge is 2.05. The summed E-state index contributed by atoms with van der Waals surface area (Å²) in [6.45, 7) is 1.52. The Morgan fingerprint density at radius 1 is 1.30 bits per heavy atom. The second kappa shape index (κ2) is 7.89. The van der Waals surface area contributed by atoms with Gasteiger partial charge < -0.3 is 19.9 Å². The van der Waals surface area contributed by atoms with Crippen molar-refractivity contribution in [2.75, 3.05) is 20.3 Å². The number of benzene rings is 1. The first-order valence-electron chi connectivity index (χ1n) is 6.44. The second-order valence-electron chi connectivity index (χ2n) is 4.41. The monoisotopic (exact) mass is 293 g/mol. The molecule has 0 spiro atoms. The van der Waals surface area contributed by atoms with E-state index in [2.05, 4.69) is 16.8 Å². The predicted molar refractivity (Wildman–Crippen MR) is 80.5 cm³/mol. The van der Waals surface area contributed by atoms with Gasteiger partial charge in [0.05, 0.1) is 7.11 Å². The van der Waals surface area contributed by atoms with E-state index < -0.39 is 6.10 Å². The Labute approximate surface area is 123 Å². The molecule has 0 aliphatic carbocycles. The second-order valence-corrected chi connectivity index (χ2v) is 5.19. The highest BCUT2D eigenvalue weighted by atomic mass is 32.1. The topological polar surface area (TPSA) is 50.7 Å². The normalized spacial score (nSPS) is 12.1. The third-order valence-corrected chi connectivity index (χ3v) is 3.50. The SMILES string of the molecule is COc1cccc(OCC(O)CNCc2ccsc2)c1. The number of methoxy groups -OCH3 is 1. The molecule has 2 aromatic rings. The van der Waals surface area contributed by atoms with E-state index in [0.29, 0.717) is 12.3 Å². The molecule has 1 aromatic heterocycles. The minimum absolute atomic E-state index is 0.254. The van der Waals surface area contributed by atoms with E-state index in [1.807, 2.05) is 23.6 Å². The molecule has 1 heterocycles. The fourth-order valence-corrected chi connectivity index (χ4v) is 2.39. The Bertz CT molecular complexity index is 502. The number of aliphatic hydroxyl groups is 1. The molecule has 2 N–H and O–H groups in total. The van der Waals surface area contributed by atoms with Crippen LogP contribution in [0.25, 0.3) is 0 Å². The molecule has 4 nitrogen and oxygen atoms in total. The highest BCUT2D eigenvalue weighted by molar-refractivity contribution is 7.07. The van der Waals surface area contributed by atoms with Gasteiger partial charge in [0.25, 0.3) is 0 Å². The number of nitrogens with one attached hydrogen (secondary N) is 1. The van der Waals surface area contributed by atoms with E-state index >= 15 is 0 Å². The fraction of sp³-hybridized carbons (Fsp3) is 0.333. The van der Waals surface area contributed by atoms with Crippen molar-refractivity contribution in [3.05, 3.63) is 46.7 Å². The first kappa shape index (κ1) is 14.8. The van der Waals surface area contributed by atoms with Crippen molar-refractivity contribution >= 4 is 11.3 Å². The summed E-state index contributed by atoms with van der Waals surface area (Å²) in [4.78, 5) is 0. The molecule has 1 unspecified atom stereocenters. The van der Waals surface area contributed by atoms with Gasteiger partial charge in [-0.2, -0.15) is 11.3 Å². The number of aliphatic hydroxyl groups excluding tert-OH is 1. The molecule has 0 saturated carbocycles. The van der Waals surface area contributed by atoms with Gasteiger partial charge in [0.1, 0.15) is 24.2 Å². The molecule has 5 heteroatoms. The molecule has 0 aliphatic rings. The maximum absolute atomic E-state index is 9.85. The van der Waals surface area contributed by atoms with Crippen LogP contribution in [0.5, 0.6) is 11.5 Å². The minimum Gasteiger partial charge on any atom is -0.497 e. The van der Waals surface area contributed by atoms with Gasteiger partial charge in [-0.1, -0.05) is 6.07 Å². The molecule has 0 saturated heterocycles. The minimum atomic E-state index is -0.542. The molecule has 0 amide bonds.